The highest BCUT2D eigenvalue weighted by Crippen LogP contribution is 2.17. The number of para-hydroxylation sites is 1. The van der Waals surface area contributed by atoms with E-state index in [4.69, 9.17) is 4.74 Å². The van der Waals surface area contributed by atoms with Gasteiger partial charge in [-0.1, -0.05) is 31.2 Å². The van der Waals surface area contributed by atoms with Crippen LogP contribution in [-0.2, 0) is 22.5 Å². The molecule has 0 N–H and O–H groups in total. The van der Waals surface area contributed by atoms with Crippen molar-refractivity contribution < 1.29 is 14.3 Å². The number of rotatable bonds is 8. The fourth-order valence-corrected chi connectivity index (χ4v) is 3.42. The lowest BCUT2D eigenvalue weighted by Gasteiger charge is -2.08. The van der Waals surface area contributed by atoms with Crippen molar-refractivity contribution in [2.24, 2.45) is 0 Å². The van der Waals surface area contributed by atoms with Crippen molar-refractivity contribution >= 4 is 22.7 Å². The molecule has 5 heteroatoms. The summed E-state index contributed by atoms with van der Waals surface area (Å²) in [5.74, 6) is -0.543. The Morgan fingerprint density at radius 3 is 2.68 bits per heavy atom. The van der Waals surface area contributed by atoms with Crippen molar-refractivity contribution in [1.29, 1.82) is 0 Å². The van der Waals surface area contributed by atoms with Gasteiger partial charge in [-0.15, -0.1) is 0 Å². The third kappa shape index (κ3) is 4.47. The molecule has 2 heterocycles. The highest BCUT2D eigenvalue weighted by atomic mass is 16.5. The molecule has 0 amide bonds. The molecule has 3 aromatic rings. The topological polar surface area (TPSA) is 61.2 Å². The average Bonchev–Trinajstić information content (AvgIpc) is 2.99. The number of aromatic nitrogens is 2. The Bertz CT molecular complexity index is 1000. The van der Waals surface area contributed by atoms with E-state index in [1.165, 1.54) is 0 Å². The van der Waals surface area contributed by atoms with Crippen LogP contribution in [-0.4, -0.2) is 27.9 Å². The number of carbonyl (C=O) groups excluding carboxylic acids is 2. The Labute approximate surface area is 165 Å². The second kappa shape index (κ2) is 8.83. The number of aryl methyl sites for hydroxylation is 2. The molecule has 1 aromatic carbocycles. The molecule has 0 fully saturated rings. The summed E-state index contributed by atoms with van der Waals surface area (Å²) in [7, 11) is 0. The number of fused-ring (bicyclic) bond motifs is 1. The summed E-state index contributed by atoms with van der Waals surface area (Å²) < 4.78 is 7.33. The molecule has 3 rings (SSSR count). The molecule has 0 bridgehead atoms. The van der Waals surface area contributed by atoms with Gasteiger partial charge in [0, 0.05) is 41.0 Å². The van der Waals surface area contributed by atoms with Gasteiger partial charge < -0.3 is 9.30 Å². The fourth-order valence-electron chi connectivity index (χ4n) is 3.42. The first-order valence-electron chi connectivity index (χ1n) is 9.69. The van der Waals surface area contributed by atoms with Crippen molar-refractivity contribution in [3.8, 4) is 0 Å². The fraction of sp³-hybridized carbons (Fsp3) is 0.348. The summed E-state index contributed by atoms with van der Waals surface area (Å²) in [4.78, 5) is 29.1. The standard InChI is InChI=1S/C23H26N2O3/c1-4-13-25-16(2)14-20(17(25)3)22(26)15-28-23(27)12-11-19-10-9-18-7-5-6-8-21(18)24-19/h5-10,14H,4,11-13,15H2,1-3H3. The van der Waals surface area contributed by atoms with Gasteiger partial charge in [-0.05, 0) is 38.5 Å². The van der Waals surface area contributed by atoms with Crippen LogP contribution >= 0.6 is 0 Å². The lowest BCUT2D eigenvalue weighted by atomic mass is 10.1. The molecular weight excluding hydrogens is 352 g/mol. The molecule has 0 atom stereocenters. The smallest absolute Gasteiger partial charge is 0.306 e. The van der Waals surface area contributed by atoms with Gasteiger partial charge in [-0.3, -0.25) is 14.6 Å². The van der Waals surface area contributed by atoms with Crippen molar-refractivity contribution in [3.05, 3.63) is 65.1 Å². The molecule has 0 aliphatic rings. The quantitative estimate of drug-likeness (QED) is 0.430. The molecule has 0 spiro atoms. The Morgan fingerprint density at radius 1 is 1.11 bits per heavy atom. The van der Waals surface area contributed by atoms with Crippen molar-refractivity contribution in [1.82, 2.24) is 9.55 Å². The summed E-state index contributed by atoms with van der Waals surface area (Å²) in [6, 6.07) is 13.7. The number of ketones is 1. The average molecular weight is 378 g/mol. The molecule has 0 aliphatic heterocycles. The first-order chi connectivity index (χ1) is 13.5. The van der Waals surface area contributed by atoms with E-state index in [9.17, 15) is 9.59 Å². The van der Waals surface area contributed by atoms with Gasteiger partial charge in [0.25, 0.3) is 0 Å². The number of ether oxygens (including phenoxy) is 1. The molecule has 0 aliphatic carbocycles. The number of benzene rings is 1. The van der Waals surface area contributed by atoms with Crippen LogP contribution in [0.25, 0.3) is 10.9 Å². The Hall–Kier alpha value is -2.95. The third-order valence-electron chi connectivity index (χ3n) is 4.93. The highest BCUT2D eigenvalue weighted by molar-refractivity contribution is 5.99. The second-order valence-corrected chi connectivity index (χ2v) is 7.02. The van der Waals surface area contributed by atoms with Crippen LogP contribution in [0.4, 0.5) is 0 Å². The maximum atomic E-state index is 12.5. The monoisotopic (exact) mass is 378 g/mol. The van der Waals surface area contributed by atoms with E-state index in [1.807, 2.05) is 56.3 Å². The predicted octanol–water partition coefficient (Wildman–Crippen LogP) is 4.42. The minimum atomic E-state index is -0.384. The molecule has 2 aromatic heterocycles. The summed E-state index contributed by atoms with van der Waals surface area (Å²) in [6.07, 6.45) is 1.69. The number of Topliss-reactive ketones (excluding diaryl/α,β-unsaturated/α-hetero) is 1. The molecule has 0 unspecified atom stereocenters. The number of nitrogens with zero attached hydrogens (tertiary/aromatic N) is 2. The first kappa shape index (κ1) is 19.8. The number of carbonyl (C=O) groups is 2. The lowest BCUT2D eigenvalue weighted by Crippen LogP contribution is -2.15. The first-order valence-corrected chi connectivity index (χ1v) is 9.69. The SMILES string of the molecule is CCCn1c(C)cc(C(=O)COC(=O)CCc2ccc3ccccc3n2)c1C. The summed E-state index contributed by atoms with van der Waals surface area (Å²) in [5, 5.41) is 1.07. The maximum absolute atomic E-state index is 12.5. The number of hydrogen-bond acceptors (Lipinski definition) is 4. The Balaban J connectivity index is 1.53. The molecule has 0 saturated heterocycles. The highest BCUT2D eigenvalue weighted by Gasteiger charge is 2.17. The predicted molar refractivity (Wildman–Crippen MR) is 110 cm³/mol. The number of hydrogen-bond donors (Lipinski definition) is 0. The van der Waals surface area contributed by atoms with E-state index >= 15 is 0 Å². The Kier molecular flexibility index (Phi) is 6.24. The zero-order valence-electron chi connectivity index (χ0n) is 16.7. The van der Waals surface area contributed by atoms with Crippen LogP contribution in [0.5, 0.6) is 0 Å². The molecule has 0 radical (unpaired) electrons. The van der Waals surface area contributed by atoms with E-state index in [0.717, 1.165) is 41.0 Å². The lowest BCUT2D eigenvalue weighted by molar-refractivity contribution is -0.142. The Morgan fingerprint density at radius 2 is 1.89 bits per heavy atom. The number of pyridine rings is 1. The summed E-state index contributed by atoms with van der Waals surface area (Å²) in [5.41, 5.74) is 4.36. The molecule has 5 nitrogen and oxygen atoms in total. The number of esters is 1. The van der Waals surface area contributed by atoms with Crippen LogP contribution < -0.4 is 0 Å². The van der Waals surface area contributed by atoms with E-state index in [-0.39, 0.29) is 24.8 Å². The largest absolute Gasteiger partial charge is 0.457 e. The minimum Gasteiger partial charge on any atom is -0.457 e. The van der Waals surface area contributed by atoms with Gasteiger partial charge in [0.15, 0.2) is 6.61 Å². The van der Waals surface area contributed by atoms with Crippen molar-refractivity contribution in [3.63, 3.8) is 0 Å². The minimum absolute atomic E-state index is 0.160. The van der Waals surface area contributed by atoms with Crippen LogP contribution in [0.1, 0.15) is 47.2 Å². The van der Waals surface area contributed by atoms with Gasteiger partial charge in [0.1, 0.15) is 0 Å². The van der Waals surface area contributed by atoms with E-state index in [0.29, 0.717) is 12.0 Å². The molecular formula is C23H26N2O3. The van der Waals surface area contributed by atoms with Crippen molar-refractivity contribution in [2.45, 2.75) is 46.6 Å². The normalized spacial score (nSPS) is 11.0. The van der Waals surface area contributed by atoms with E-state index < -0.39 is 0 Å². The summed E-state index contributed by atoms with van der Waals surface area (Å²) >= 11 is 0. The van der Waals surface area contributed by atoms with Crippen LogP contribution in [0.3, 0.4) is 0 Å². The summed E-state index contributed by atoms with van der Waals surface area (Å²) in [6.45, 7) is 6.68. The van der Waals surface area contributed by atoms with Crippen LogP contribution in [0.2, 0.25) is 0 Å². The van der Waals surface area contributed by atoms with Gasteiger partial charge in [-0.2, -0.15) is 0 Å². The zero-order chi connectivity index (χ0) is 20.1. The second-order valence-electron chi connectivity index (χ2n) is 7.02. The maximum Gasteiger partial charge on any atom is 0.306 e. The third-order valence-corrected chi connectivity index (χ3v) is 4.93. The van der Waals surface area contributed by atoms with Crippen LogP contribution in [0.15, 0.2) is 42.5 Å². The van der Waals surface area contributed by atoms with Gasteiger partial charge in [0.05, 0.1) is 11.9 Å². The van der Waals surface area contributed by atoms with Gasteiger partial charge in [0.2, 0.25) is 5.78 Å². The van der Waals surface area contributed by atoms with Crippen molar-refractivity contribution in [2.75, 3.05) is 6.61 Å². The van der Waals surface area contributed by atoms with E-state index in [2.05, 4.69) is 16.5 Å². The molecule has 0 saturated carbocycles. The van der Waals surface area contributed by atoms with Gasteiger partial charge >= 0.3 is 5.97 Å². The molecule has 28 heavy (non-hydrogen) atoms. The van der Waals surface area contributed by atoms with Gasteiger partial charge in [-0.25, -0.2) is 0 Å². The molecule has 146 valence electrons. The van der Waals surface area contributed by atoms with Crippen LogP contribution in [0, 0.1) is 13.8 Å². The zero-order valence-corrected chi connectivity index (χ0v) is 16.7. The van der Waals surface area contributed by atoms with E-state index in [1.54, 1.807) is 0 Å².